The van der Waals surface area contributed by atoms with Gasteiger partial charge < -0.3 is 15.8 Å². The van der Waals surface area contributed by atoms with Crippen molar-refractivity contribution >= 4 is 11.4 Å². The first-order valence-electron chi connectivity index (χ1n) is 6.12. The van der Waals surface area contributed by atoms with Crippen LogP contribution in [0.5, 0.6) is 0 Å². The van der Waals surface area contributed by atoms with Crippen molar-refractivity contribution in [2.24, 2.45) is 5.92 Å². The van der Waals surface area contributed by atoms with Crippen molar-refractivity contribution in [1.82, 2.24) is 0 Å². The highest BCUT2D eigenvalue weighted by Gasteiger charge is 2.13. The Kier molecular flexibility index (Phi) is 4.20. The van der Waals surface area contributed by atoms with Gasteiger partial charge in [0.1, 0.15) is 5.82 Å². The molecule has 4 heteroatoms. The van der Waals surface area contributed by atoms with E-state index in [1.807, 2.05) is 0 Å². The van der Waals surface area contributed by atoms with Crippen LogP contribution in [0.15, 0.2) is 18.2 Å². The van der Waals surface area contributed by atoms with E-state index in [-0.39, 0.29) is 5.82 Å². The maximum absolute atomic E-state index is 12.8. The van der Waals surface area contributed by atoms with Crippen LogP contribution in [0.2, 0.25) is 0 Å². The third-order valence-corrected chi connectivity index (χ3v) is 3.22. The summed E-state index contributed by atoms with van der Waals surface area (Å²) in [6.45, 7) is 2.63. The molecular formula is C13H19FN2O. The SMILES string of the molecule is Nc1cc(F)ccc1NCCC1CCOCC1. The Labute approximate surface area is 101 Å². The van der Waals surface area contributed by atoms with Crippen LogP contribution in [0.4, 0.5) is 15.8 Å². The smallest absolute Gasteiger partial charge is 0.125 e. The van der Waals surface area contributed by atoms with Gasteiger partial charge in [-0.25, -0.2) is 4.39 Å². The summed E-state index contributed by atoms with van der Waals surface area (Å²) >= 11 is 0. The Morgan fingerprint density at radius 2 is 2.12 bits per heavy atom. The largest absolute Gasteiger partial charge is 0.397 e. The molecule has 2 rings (SSSR count). The Morgan fingerprint density at radius 3 is 2.82 bits per heavy atom. The maximum atomic E-state index is 12.8. The Morgan fingerprint density at radius 1 is 1.35 bits per heavy atom. The van der Waals surface area contributed by atoms with Crippen molar-refractivity contribution in [3.05, 3.63) is 24.0 Å². The number of rotatable bonds is 4. The van der Waals surface area contributed by atoms with E-state index in [9.17, 15) is 4.39 Å². The number of ether oxygens (including phenoxy) is 1. The number of nitrogen functional groups attached to an aromatic ring is 1. The van der Waals surface area contributed by atoms with Gasteiger partial charge in [0.25, 0.3) is 0 Å². The molecule has 1 aliphatic heterocycles. The predicted molar refractivity (Wildman–Crippen MR) is 67.5 cm³/mol. The van der Waals surface area contributed by atoms with Gasteiger partial charge in [-0.1, -0.05) is 0 Å². The summed E-state index contributed by atoms with van der Waals surface area (Å²) in [6.07, 6.45) is 3.39. The lowest BCUT2D eigenvalue weighted by Crippen LogP contribution is -2.18. The summed E-state index contributed by atoms with van der Waals surface area (Å²) in [5.41, 5.74) is 7.01. The van der Waals surface area contributed by atoms with E-state index in [0.29, 0.717) is 5.69 Å². The highest BCUT2D eigenvalue weighted by Crippen LogP contribution is 2.21. The van der Waals surface area contributed by atoms with E-state index >= 15 is 0 Å². The lowest BCUT2D eigenvalue weighted by Gasteiger charge is -2.22. The molecule has 1 aromatic carbocycles. The third kappa shape index (κ3) is 3.60. The van der Waals surface area contributed by atoms with E-state index in [4.69, 9.17) is 10.5 Å². The summed E-state index contributed by atoms with van der Waals surface area (Å²) in [5, 5.41) is 3.25. The molecule has 0 bridgehead atoms. The molecule has 0 aliphatic carbocycles. The maximum Gasteiger partial charge on any atom is 0.125 e. The molecule has 94 valence electrons. The number of nitrogens with two attached hydrogens (primary N) is 1. The van der Waals surface area contributed by atoms with E-state index in [0.717, 1.165) is 50.6 Å². The minimum atomic E-state index is -0.294. The van der Waals surface area contributed by atoms with E-state index < -0.39 is 0 Å². The lowest BCUT2D eigenvalue weighted by molar-refractivity contribution is 0.0649. The van der Waals surface area contributed by atoms with Crippen LogP contribution in [-0.2, 0) is 4.74 Å². The third-order valence-electron chi connectivity index (χ3n) is 3.22. The number of hydrogen-bond donors (Lipinski definition) is 2. The van der Waals surface area contributed by atoms with Crippen LogP contribution in [0.1, 0.15) is 19.3 Å². The quantitative estimate of drug-likeness (QED) is 0.793. The standard InChI is InChI=1S/C13H19FN2O/c14-11-1-2-13(12(15)9-11)16-6-3-10-4-7-17-8-5-10/h1-2,9-10,16H,3-8,15H2. The average molecular weight is 238 g/mol. The molecule has 0 amide bonds. The molecule has 0 atom stereocenters. The predicted octanol–water partition coefficient (Wildman–Crippen LogP) is 2.64. The number of benzene rings is 1. The van der Waals surface area contributed by atoms with E-state index in [1.54, 1.807) is 6.07 Å². The van der Waals surface area contributed by atoms with E-state index in [1.165, 1.54) is 12.1 Å². The van der Waals surface area contributed by atoms with Crippen LogP contribution in [0, 0.1) is 11.7 Å². The number of halogens is 1. The van der Waals surface area contributed by atoms with Gasteiger partial charge in [-0.15, -0.1) is 0 Å². The minimum absolute atomic E-state index is 0.294. The Bertz CT molecular complexity index is 364. The zero-order chi connectivity index (χ0) is 12.1. The van der Waals surface area contributed by atoms with Gasteiger partial charge in [-0.05, 0) is 43.4 Å². The van der Waals surface area contributed by atoms with Gasteiger partial charge in [0, 0.05) is 19.8 Å². The average Bonchev–Trinajstić information content (AvgIpc) is 2.33. The summed E-state index contributed by atoms with van der Waals surface area (Å²) in [5.74, 6) is 0.440. The number of nitrogens with one attached hydrogen (secondary N) is 1. The zero-order valence-corrected chi connectivity index (χ0v) is 9.92. The molecule has 1 aromatic rings. The van der Waals surface area contributed by atoms with Crippen molar-refractivity contribution in [2.45, 2.75) is 19.3 Å². The van der Waals surface area contributed by atoms with Gasteiger partial charge in [0.15, 0.2) is 0 Å². The second-order valence-corrected chi connectivity index (χ2v) is 4.50. The monoisotopic (exact) mass is 238 g/mol. The van der Waals surface area contributed by atoms with Gasteiger partial charge in [-0.2, -0.15) is 0 Å². The van der Waals surface area contributed by atoms with Gasteiger partial charge in [-0.3, -0.25) is 0 Å². The van der Waals surface area contributed by atoms with Crippen molar-refractivity contribution in [2.75, 3.05) is 30.8 Å². The van der Waals surface area contributed by atoms with Crippen LogP contribution in [0.3, 0.4) is 0 Å². The molecule has 0 unspecified atom stereocenters. The molecule has 1 heterocycles. The topological polar surface area (TPSA) is 47.3 Å². The van der Waals surface area contributed by atoms with Crippen molar-refractivity contribution in [1.29, 1.82) is 0 Å². The fraction of sp³-hybridized carbons (Fsp3) is 0.538. The molecule has 0 aromatic heterocycles. The molecule has 1 fully saturated rings. The van der Waals surface area contributed by atoms with Crippen LogP contribution >= 0.6 is 0 Å². The summed E-state index contributed by atoms with van der Waals surface area (Å²) < 4.78 is 18.2. The number of anilines is 2. The summed E-state index contributed by atoms with van der Waals surface area (Å²) in [6, 6.07) is 4.46. The summed E-state index contributed by atoms with van der Waals surface area (Å²) in [4.78, 5) is 0. The fourth-order valence-electron chi connectivity index (χ4n) is 2.14. The Hall–Kier alpha value is -1.29. The van der Waals surface area contributed by atoms with Crippen LogP contribution in [0.25, 0.3) is 0 Å². The second-order valence-electron chi connectivity index (χ2n) is 4.50. The molecule has 0 spiro atoms. The van der Waals surface area contributed by atoms with E-state index in [2.05, 4.69) is 5.32 Å². The molecule has 3 nitrogen and oxygen atoms in total. The molecule has 3 N–H and O–H groups in total. The van der Waals surface area contributed by atoms with Gasteiger partial charge >= 0.3 is 0 Å². The first-order chi connectivity index (χ1) is 8.25. The van der Waals surface area contributed by atoms with Gasteiger partial charge in [0.05, 0.1) is 11.4 Å². The molecule has 1 aliphatic rings. The second kappa shape index (κ2) is 5.87. The lowest BCUT2D eigenvalue weighted by atomic mass is 9.97. The summed E-state index contributed by atoms with van der Waals surface area (Å²) in [7, 11) is 0. The normalized spacial score (nSPS) is 17.0. The molecule has 17 heavy (non-hydrogen) atoms. The highest BCUT2D eigenvalue weighted by molar-refractivity contribution is 5.65. The molecule has 0 saturated carbocycles. The van der Waals surface area contributed by atoms with Crippen molar-refractivity contribution in [3.63, 3.8) is 0 Å². The minimum Gasteiger partial charge on any atom is -0.397 e. The number of hydrogen-bond acceptors (Lipinski definition) is 3. The van der Waals surface area contributed by atoms with Crippen molar-refractivity contribution < 1.29 is 9.13 Å². The Balaban J connectivity index is 1.77. The van der Waals surface area contributed by atoms with Gasteiger partial charge in [0.2, 0.25) is 0 Å². The zero-order valence-electron chi connectivity index (χ0n) is 9.92. The van der Waals surface area contributed by atoms with Crippen LogP contribution < -0.4 is 11.1 Å². The molecule has 0 radical (unpaired) electrons. The van der Waals surface area contributed by atoms with Crippen molar-refractivity contribution in [3.8, 4) is 0 Å². The highest BCUT2D eigenvalue weighted by atomic mass is 19.1. The first-order valence-corrected chi connectivity index (χ1v) is 6.12. The first kappa shape index (κ1) is 12.2. The molecular weight excluding hydrogens is 219 g/mol. The fourth-order valence-corrected chi connectivity index (χ4v) is 2.14. The molecule has 1 saturated heterocycles. The van der Waals surface area contributed by atoms with Crippen LogP contribution in [-0.4, -0.2) is 19.8 Å².